The molecule has 0 saturated carbocycles. The van der Waals surface area contributed by atoms with Gasteiger partial charge in [-0.15, -0.1) is 10.2 Å². The van der Waals surface area contributed by atoms with Gasteiger partial charge in [0, 0.05) is 30.9 Å². The van der Waals surface area contributed by atoms with Crippen molar-refractivity contribution in [3.63, 3.8) is 0 Å². The van der Waals surface area contributed by atoms with Crippen molar-refractivity contribution in [3.05, 3.63) is 54.1 Å². The third-order valence-corrected chi connectivity index (χ3v) is 4.93. The van der Waals surface area contributed by atoms with Gasteiger partial charge in [0.25, 0.3) is 0 Å². The summed E-state index contributed by atoms with van der Waals surface area (Å²) in [6, 6.07) is 15.1. The maximum atomic E-state index is 12.3. The summed E-state index contributed by atoms with van der Waals surface area (Å²) in [5.74, 6) is 0.634. The SMILES string of the molecule is CC(=O)Nc1cccc(NC(=O)CSc2nnc(-c3cccc(C)c3)n2C)c1. The number of benzene rings is 2. The van der Waals surface area contributed by atoms with Gasteiger partial charge in [-0.05, 0) is 31.2 Å². The van der Waals surface area contributed by atoms with Crippen LogP contribution in [0.4, 0.5) is 11.4 Å². The largest absolute Gasteiger partial charge is 0.326 e. The maximum absolute atomic E-state index is 12.3. The normalized spacial score (nSPS) is 10.5. The molecule has 0 aliphatic carbocycles. The first-order valence-corrected chi connectivity index (χ1v) is 9.67. The number of anilines is 2. The Morgan fingerprint density at radius 2 is 1.75 bits per heavy atom. The van der Waals surface area contributed by atoms with Crippen LogP contribution in [0, 0.1) is 6.92 Å². The van der Waals surface area contributed by atoms with E-state index in [2.05, 4.69) is 20.8 Å². The highest BCUT2D eigenvalue weighted by molar-refractivity contribution is 7.99. The van der Waals surface area contributed by atoms with Crippen LogP contribution < -0.4 is 10.6 Å². The van der Waals surface area contributed by atoms with Gasteiger partial charge in [-0.3, -0.25) is 9.59 Å². The van der Waals surface area contributed by atoms with Crippen LogP contribution in [0.3, 0.4) is 0 Å². The lowest BCUT2D eigenvalue weighted by Crippen LogP contribution is -2.15. The third kappa shape index (κ3) is 4.98. The molecule has 0 fully saturated rings. The Bertz CT molecular complexity index is 1020. The quantitative estimate of drug-likeness (QED) is 0.624. The molecule has 2 aromatic carbocycles. The van der Waals surface area contributed by atoms with Crippen LogP contribution in [-0.2, 0) is 16.6 Å². The maximum Gasteiger partial charge on any atom is 0.234 e. The molecule has 1 aromatic heterocycles. The Hall–Kier alpha value is -3.13. The lowest BCUT2D eigenvalue weighted by molar-refractivity contribution is -0.114. The van der Waals surface area contributed by atoms with Gasteiger partial charge in [0.2, 0.25) is 11.8 Å². The second-order valence-electron chi connectivity index (χ2n) is 6.33. The number of amides is 2. The van der Waals surface area contributed by atoms with Gasteiger partial charge in [0.05, 0.1) is 5.75 Å². The summed E-state index contributed by atoms with van der Waals surface area (Å²) >= 11 is 1.32. The van der Waals surface area contributed by atoms with Crippen molar-refractivity contribution < 1.29 is 9.59 Å². The number of nitrogens with one attached hydrogen (secondary N) is 2. The summed E-state index contributed by atoms with van der Waals surface area (Å²) in [4.78, 5) is 23.4. The highest BCUT2D eigenvalue weighted by Crippen LogP contribution is 2.23. The zero-order valence-corrected chi connectivity index (χ0v) is 16.7. The number of hydrogen-bond donors (Lipinski definition) is 2. The number of carbonyl (C=O) groups excluding carboxylic acids is 2. The van der Waals surface area contributed by atoms with Gasteiger partial charge in [0.1, 0.15) is 0 Å². The molecular weight excluding hydrogens is 374 g/mol. The van der Waals surface area contributed by atoms with Crippen molar-refractivity contribution in [2.24, 2.45) is 7.05 Å². The van der Waals surface area contributed by atoms with Crippen LogP contribution in [0.15, 0.2) is 53.7 Å². The number of rotatable bonds is 6. The second-order valence-corrected chi connectivity index (χ2v) is 7.28. The lowest BCUT2D eigenvalue weighted by Gasteiger charge is -2.08. The molecule has 1 heterocycles. The average molecular weight is 395 g/mol. The van der Waals surface area contributed by atoms with Crippen LogP contribution in [0.2, 0.25) is 0 Å². The van der Waals surface area contributed by atoms with E-state index in [1.165, 1.54) is 18.7 Å². The molecule has 0 bridgehead atoms. The number of nitrogens with zero attached hydrogens (tertiary/aromatic N) is 3. The fourth-order valence-corrected chi connectivity index (χ4v) is 3.39. The van der Waals surface area contributed by atoms with Crippen molar-refractivity contribution in [2.45, 2.75) is 19.0 Å². The average Bonchev–Trinajstić information content (AvgIpc) is 3.00. The summed E-state index contributed by atoms with van der Waals surface area (Å²) in [5.41, 5.74) is 3.39. The first-order chi connectivity index (χ1) is 13.4. The van der Waals surface area contributed by atoms with E-state index >= 15 is 0 Å². The van der Waals surface area contributed by atoms with Crippen LogP contribution in [0.25, 0.3) is 11.4 Å². The van der Waals surface area contributed by atoms with E-state index in [1.54, 1.807) is 24.3 Å². The molecule has 7 nitrogen and oxygen atoms in total. The van der Waals surface area contributed by atoms with E-state index in [1.807, 2.05) is 42.8 Å². The first kappa shape index (κ1) is 19.6. The predicted octanol–water partition coefficient (Wildman–Crippen LogP) is 3.48. The minimum absolute atomic E-state index is 0.161. The van der Waals surface area contributed by atoms with Crippen molar-refractivity contribution >= 4 is 35.0 Å². The zero-order chi connectivity index (χ0) is 20.1. The van der Waals surface area contributed by atoms with Crippen LogP contribution in [-0.4, -0.2) is 32.3 Å². The molecule has 3 rings (SSSR count). The fourth-order valence-electron chi connectivity index (χ4n) is 2.68. The Kier molecular flexibility index (Phi) is 6.10. The fraction of sp³-hybridized carbons (Fsp3) is 0.200. The Morgan fingerprint density at radius 3 is 2.46 bits per heavy atom. The number of aryl methyl sites for hydroxylation is 1. The molecule has 2 N–H and O–H groups in total. The predicted molar refractivity (Wildman–Crippen MR) is 111 cm³/mol. The van der Waals surface area contributed by atoms with Gasteiger partial charge < -0.3 is 15.2 Å². The zero-order valence-electron chi connectivity index (χ0n) is 15.9. The number of aromatic nitrogens is 3. The van der Waals surface area contributed by atoms with Crippen molar-refractivity contribution in [1.82, 2.24) is 14.8 Å². The van der Waals surface area contributed by atoms with Crippen LogP contribution in [0.1, 0.15) is 12.5 Å². The third-order valence-electron chi connectivity index (χ3n) is 3.91. The minimum atomic E-state index is -0.162. The van der Waals surface area contributed by atoms with E-state index < -0.39 is 0 Å². The van der Waals surface area contributed by atoms with Gasteiger partial charge in [0.15, 0.2) is 11.0 Å². The number of thioether (sulfide) groups is 1. The van der Waals surface area contributed by atoms with Gasteiger partial charge in [-0.2, -0.15) is 0 Å². The summed E-state index contributed by atoms with van der Waals surface area (Å²) in [7, 11) is 1.88. The summed E-state index contributed by atoms with van der Waals surface area (Å²) in [6.07, 6.45) is 0. The highest BCUT2D eigenvalue weighted by Gasteiger charge is 2.13. The Morgan fingerprint density at radius 1 is 1.04 bits per heavy atom. The van der Waals surface area contributed by atoms with Crippen molar-refractivity contribution in [3.8, 4) is 11.4 Å². The van der Waals surface area contributed by atoms with E-state index in [0.29, 0.717) is 16.5 Å². The summed E-state index contributed by atoms with van der Waals surface area (Å²) in [6.45, 7) is 3.47. The molecule has 8 heteroatoms. The summed E-state index contributed by atoms with van der Waals surface area (Å²) < 4.78 is 1.88. The van der Waals surface area contributed by atoms with Crippen LogP contribution >= 0.6 is 11.8 Å². The first-order valence-electron chi connectivity index (χ1n) is 8.69. The standard InChI is InChI=1S/C20H21N5O2S/c1-13-6-4-7-15(10-13)19-23-24-20(25(19)3)28-12-18(27)22-17-9-5-8-16(11-17)21-14(2)26/h4-11H,12H2,1-3H3,(H,21,26)(H,22,27). The number of carbonyl (C=O) groups is 2. The second kappa shape index (κ2) is 8.71. The molecule has 0 aliphatic heterocycles. The van der Waals surface area contributed by atoms with Gasteiger partial charge in [-0.1, -0.05) is 41.6 Å². The van der Waals surface area contributed by atoms with Crippen molar-refractivity contribution in [2.75, 3.05) is 16.4 Å². The van der Waals surface area contributed by atoms with Gasteiger partial charge >= 0.3 is 0 Å². The molecule has 144 valence electrons. The van der Waals surface area contributed by atoms with E-state index in [0.717, 1.165) is 17.0 Å². The Labute approximate surface area is 167 Å². The smallest absolute Gasteiger partial charge is 0.234 e. The molecule has 0 spiro atoms. The van der Waals surface area contributed by atoms with E-state index in [4.69, 9.17) is 0 Å². The van der Waals surface area contributed by atoms with E-state index in [9.17, 15) is 9.59 Å². The lowest BCUT2D eigenvalue weighted by atomic mass is 10.1. The molecule has 2 amide bonds. The molecule has 0 saturated heterocycles. The Balaban J connectivity index is 1.62. The molecule has 0 radical (unpaired) electrons. The molecule has 3 aromatic rings. The summed E-state index contributed by atoms with van der Waals surface area (Å²) in [5, 5.41) is 14.6. The molecule has 0 unspecified atom stereocenters. The topological polar surface area (TPSA) is 88.9 Å². The molecule has 28 heavy (non-hydrogen) atoms. The van der Waals surface area contributed by atoms with Crippen molar-refractivity contribution in [1.29, 1.82) is 0 Å². The highest BCUT2D eigenvalue weighted by atomic mass is 32.2. The molecular formula is C20H21N5O2S. The van der Waals surface area contributed by atoms with Crippen LogP contribution in [0.5, 0.6) is 0 Å². The number of hydrogen-bond acceptors (Lipinski definition) is 5. The molecule has 0 aliphatic rings. The van der Waals surface area contributed by atoms with E-state index in [-0.39, 0.29) is 17.6 Å². The van der Waals surface area contributed by atoms with Gasteiger partial charge in [-0.25, -0.2) is 0 Å². The monoisotopic (exact) mass is 395 g/mol. The minimum Gasteiger partial charge on any atom is -0.326 e. The molecule has 0 atom stereocenters.